The van der Waals surface area contributed by atoms with Crippen molar-refractivity contribution in [1.82, 2.24) is 0 Å². The number of carbonyl (C=O) groups is 1. The molecule has 1 unspecified atom stereocenters. The zero-order chi connectivity index (χ0) is 10.8. The minimum atomic E-state index is -4.18. The predicted molar refractivity (Wildman–Crippen MR) is 52.6 cm³/mol. The molecule has 6 heteroatoms. The maximum atomic E-state index is 11.3. The maximum Gasteiger partial charge on any atom is 0.398 e. The van der Waals surface area contributed by atoms with Crippen LogP contribution in [0.5, 0.6) is 0 Å². The van der Waals surface area contributed by atoms with Crippen LogP contribution >= 0.6 is 19.2 Å². The Kier molecular flexibility index (Phi) is 3.45. The average molecular weight is 235 g/mol. The minimum Gasteiger partial charge on any atom is -0.319 e. The predicted octanol–water partition coefficient (Wildman–Crippen LogP) is 2.31. The van der Waals surface area contributed by atoms with Gasteiger partial charge in [0.2, 0.25) is 0 Å². The van der Waals surface area contributed by atoms with Crippen LogP contribution in [0.2, 0.25) is 5.02 Å². The first-order chi connectivity index (χ1) is 6.47. The van der Waals surface area contributed by atoms with Crippen molar-refractivity contribution < 1.29 is 18.8 Å². The third-order valence-corrected chi connectivity index (χ3v) is 3.11. The highest BCUT2D eigenvalue weighted by atomic mass is 35.5. The van der Waals surface area contributed by atoms with Crippen molar-refractivity contribution in [3.63, 3.8) is 0 Å². The highest BCUT2D eigenvalue weighted by molar-refractivity contribution is 7.71. The van der Waals surface area contributed by atoms with Gasteiger partial charge < -0.3 is 9.42 Å². The van der Waals surface area contributed by atoms with Crippen LogP contribution in [0.1, 0.15) is 10.4 Å². The summed E-state index contributed by atoms with van der Waals surface area (Å²) < 4.78 is 15.3. The molecule has 0 fully saturated rings. The van der Waals surface area contributed by atoms with Gasteiger partial charge in [-0.1, -0.05) is 11.6 Å². The number of rotatable bonds is 3. The zero-order valence-corrected chi connectivity index (χ0v) is 8.96. The van der Waals surface area contributed by atoms with Crippen LogP contribution in [-0.4, -0.2) is 17.5 Å². The topological polar surface area (TPSA) is 63.6 Å². The van der Waals surface area contributed by atoms with Gasteiger partial charge in [0, 0.05) is 17.7 Å². The SMILES string of the molecule is COP(=O)(O)C(=O)c1ccc(Cl)cc1. The lowest BCUT2D eigenvalue weighted by atomic mass is 10.2. The Balaban J connectivity index is 3.02. The van der Waals surface area contributed by atoms with Gasteiger partial charge in [0.25, 0.3) is 5.52 Å². The Morgan fingerprint density at radius 2 is 1.93 bits per heavy atom. The summed E-state index contributed by atoms with van der Waals surface area (Å²) in [5.41, 5.74) is -0.834. The van der Waals surface area contributed by atoms with E-state index in [1.807, 2.05) is 0 Å². The molecule has 0 aliphatic rings. The number of benzene rings is 1. The molecule has 14 heavy (non-hydrogen) atoms. The van der Waals surface area contributed by atoms with Crippen LogP contribution in [0.25, 0.3) is 0 Å². The first-order valence-electron chi connectivity index (χ1n) is 3.66. The van der Waals surface area contributed by atoms with E-state index in [-0.39, 0.29) is 5.56 Å². The summed E-state index contributed by atoms with van der Waals surface area (Å²) in [6, 6.07) is 5.66. The summed E-state index contributed by atoms with van der Waals surface area (Å²) in [6.07, 6.45) is 0. The summed E-state index contributed by atoms with van der Waals surface area (Å²) in [6.45, 7) is 0. The average Bonchev–Trinajstić information content (AvgIpc) is 2.18. The molecule has 76 valence electrons. The molecule has 0 spiro atoms. The molecule has 0 amide bonds. The van der Waals surface area contributed by atoms with Crippen molar-refractivity contribution in [2.24, 2.45) is 0 Å². The molecule has 0 saturated heterocycles. The number of halogens is 1. The third-order valence-electron chi connectivity index (χ3n) is 1.60. The van der Waals surface area contributed by atoms with Crippen LogP contribution in [-0.2, 0) is 9.09 Å². The van der Waals surface area contributed by atoms with Crippen molar-refractivity contribution in [1.29, 1.82) is 0 Å². The van der Waals surface area contributed by atoms with Crippen molar-refractivity contribution in [2.75, 3.05) is 7.11 Å². The van der Waals surface area contributed by atoms with Gasteiger partial charge in [-0.2, -0.15) is 0 Å². The first kappa shape index (κ1) is 11.4. The summed E-state index contributed by atoms with van der Waals surface area (Å²) in [5, 5.41) is 0.451. The lowest BCUT2D eigenvalue weighted by Crippen LogP contribution is -2.01. The summed E-state index contributed by atoms with van der Waals surface area (Å²) in [5.74, 6) is 0. The van der Waals surface area contributed by atoms with E-state index in [1.54, 1.807) is 0 Å². The molecule has 1 rings (SSSR count). The van der Waals surface area contributed by atoms with Crippen LogP contribution in [0.15, 0.2) is 24.3 Å². The Bertz CT molecular complexity index is 387. The molecule has 0 aliphatic carbocycles. The molecule has 0 bridgehead atoms. The molecule has 0 radical (unpaired) electrons. The van der Waals surface area contributed by atoms with E-state index < -0.39 is 13.1 Å². The molecule has 0 aliphatic heterocycles. The van der Waals surface area contributed by atoms with E-state index in [0.29, 0.717) is 5.02 Å². The number of carbonyl (C=O) groups excluding carboxylic acids is 1. The van der Waals surface area contributed by atoms with Gasteiger partial charge in [-0.25, -0.2) is 0 Å². The van der Waals surface area contributed by atoms with Crippen molar-refractivity contribution in [2.45, 2.75) is 0 Å². The van der Waals surface area contributed by atoms with Crippen LogP contribution in [0.4, 0.5) is 0 Å². The largest absolute Gasteiger partial charge is 0.398 e. The van der Waals surface area contributed by atoms with Gasteiger partial charge in [0.05, 0.1) is 0 Å². The fraction of sp³-hybridized carbons (Fsp3) is 0.125. The fourth-order valence-electron chi connectivity index (χ4n) is 0.839. The standard InChI is InChI=1S/C8H8ClO4P/c1-13-14(11,12)8(10)6-2-4-7(9)5-3-6/h2-5H,1H3,(H,11,12). The highest BCUT2D eigenvalue weighted by Crippen LogP contribution is 2.44. The molecule has 0 aromatic heterocycles. The number of hydrogen-bond acceptors (Lipinski definition) is 3. The molecule has 1 aromatic carbocycles. The van der Waals surface area contributed by atoms with E-state index in [2.05, 4.69) is 4.52 Å². The smallest absolute Gasteiger partial charge is 0.319 e. The second-order valence-electron chi connectivity index (χ2n) is 2.52. The van der Waals surface area contributed by atoms with E-state index in [4.69, 9.17) is 16.5 Å². The second-order valence-corrected chi connectivity index (χ2v) is 4.76. The van der Waals surface area contributed by atoms with E-state index in [0.717, 1.165) is 7.11 Å². The molecule has 1 atom stereocenters. The van der Waals surface area contributed by atoms with Gasteiger partial charge in [-0.3, -0.25) is 9.36 Å². The second kappa shape index (κ2) is 4.24. The van der Waals surface area contributed by atoms with Gasteiger partial charge in [-0.15, -0.1) is 0 Å². The van der Waals surface area contributed by atoms with Crippen LogP contribution in [0, 0.1) is 0 Å². The highest BCUT2D eigenvalue weighted by Gasteiger charge is 2.29. The van der Waals surface area contributed by atoms with Crippen molar-refractivity contribution in [3.05, 3.63) is 34.9 Å². The fourth-order valence-corrected chi connectivity index (χ4v) is 1.61. The maximum absolute atomic E-state index is 11.3. The number of hydrogen-bond donors (Lipinski definition) is 1. The Labute approximate surface area is 86.0 Å². The van der Waals surface area contributed by atoms with Gasteiger partial charge in [0.15, 0.2) is 0 Å². The monoisotopic (exact) mass is 234 g/mol. The molecule has 0 saturated carbocycles. The summed E-state index contributed by atoms with van der Waals surface area (Å²) in [4.78, 5) is 20.4. The summed E-state index contributed by atoms with van der Waals surface area (Å²) >= 11 is 5.59. The molecular formula is C8H8ClO4P. The Morgan fingerprint density at radius 1 is 1.43 bits per heavy atom. The van der Waals surface area contributed by atoms with Gasteiger partial charge in [-0.05, 0) is 24.3 Å². The van der Waals surface area contributed by atoms with E-state index in [1.165, 1.54) is 24.3 Å². The van der Waals surface area contributed by atoms with E-state index >= 15 is 0 Å². The first-order valence-corrected chi connectivity index (χ1v) is 5.62. The molecule has 1 N–H and O–H groups in total. The lowest BCUT2D eigenvalue weighted by Gasteiger charge is -2.06. The van der Waals surface area contributed by atoms with E-state index in [9.17, 15) is 9.36 Å². The summed E-state index contributed by atoms with van der Waals surface area (Å²) in [7, 11) is -3.17. The van der Waals surface area contributed by atoms with Gasteiger partial charge >= 0.3 is 7.60 Å². The normalized spacial score (nSPS) is 14.8. The van der Waals surface area contributed by atoms with Crippen LogP contribution in [0.3, 0.4) is 0 Å². The van der Waals surface area contributed by atoms with Crippen molar-refractivity contribution in [3.8, 4) is 0 Å². The zero-order valence-electron chi connectivity index (χ0n) is 7.31. The van der Waals surface area contributed by atoms with Gasteiger partial charge in [0.1, 0.15) is 0 Å². The third kappa shape index (κ3) is 2.42. The Hall–Kier alpha value is -0.670. The molecular weight excluding hydrogens is 227 g/mol. The lowest BCUT2D eigenvalue weighted by molar-refractivity contribution is 0.103. The molecule has 1 aromatic rings. The quantitative estimate of drug-likeness (QED) is 0.815. The Morgan fingerprint density at radius 3 is 2.36 bits per heavy atom. The molecule has 0 heterocycles. The molecule has 4 nitrogen and oxygen atoms in total. The van der Waals surface area contributed by atoms with Crippen LogP contribution < -0.4 is 0 Å². The minimum absolute atomic E-state index is 0.0992. The van der Waals surface area contributed by atoms with Crippen molar-refractivity contribution >= 4 is 24.7 Å².